The summed E-state index contributed by atoms with van der Waals surface area (Å²) >= 11 is 11.2. The highest BCUT2D eigenvalue weighted by molar-refractivity contribution is 7.80. The Morgan fingerprint density at radius 2 is 1.81 bits per heavy atom. The van der Waals surface area contributed by atoms with Crippen molar-refractivity contribution in [3.05, 3.63) is 53.1 Å². The molecule has 0 aliphatic heterocycles. The van der Waals surface area contributed by atoms with E-state index in [0.29, 0.717) is 27.7 Å². The van der Waals surface area contributed by atoms with Gasteiger partial charge in [0.25, 0.3) is 5.91 Å². The predicted octanol–water partition coefficient (Wildman–Crippen LogP) is 4.07. The minimum atomic E-state index is -0.348. The second-order valence-electron chi connectivity index (χ2n) is 5.95. The predicted molar refractivity (Wildman–Crippen MR) is 112 cm³/mol. The van der Waals surface area contributed by atoms with E-state index in [-0.39, 0.29) is 22.8 Å². The zero-order valence-corrected chi connectivity index (χ0v) is 16.7. The molecule has 0 unspecified atom stereocenters. The second kappa shape index (κ2) is 9.34. The van der Waals surface area contributed by atoms with Crippen molar-refractivity contribution in [2.75, 3.05) is 17.7 Å². The Hall–Kier alpha value is -2.64. The summed E-state index contributed by atoms with van der Waals surface area (Å²) in [6.45, 7) is 3.55. The van der Waals surface area contributed by atoms with Gasteiger partial charge in [-0.05, 0) is 36.5 Å². The Labute approximate surface area is 168 Å². The van der Waals surface area contributed by atoms with Crippen LogP contribution in [-0.4, -0.2) is 24.0 Å². The molecule has 0 heterocycles. The molecule has 0 fully saturated rings. The van der Waals surface area contributed by atoms with Gasteiger partial charge in [-0.25, -0.2) is 0 Å². The summed E-state index contributed by atoms with van der Waals surface area (Å²) in [6, 6.07) is 11.8. The maximum atomic E-state index is 12.4. The third-order valence-electron chi connectivity index (χ3n) is 3.59. The molecule has 0 saturated heterocycles. The topological polar surface area (TPSA) is 79.5 Å². The summed E-state index contributed by atoms with van der Waals surface area (Å²) in [4.78, 5) is 24.1. The highest BCUT2D eigenvalue weighted by atomic mass is 35.5. The van der Waals surface area contributed by atoms with Crippen molar-refractivity contribution in [2.24, 2.45) is 5.92 Å². The first-order valence-electron chi connectivity index (χ1n) is 8.17. The Morgan fingerprint density at radius 1 is 1.11 bits per heavy atom. The number of nitrogens with one attached hydrogen (secondary N) is 3. The molecule has 0 spiro atoms. The minimum Gasteiger partial charge on any atom is -0.494 e. The Kier molecular flexibility index (Phi) is 7.15. The molecular formula is C19H20ClN3O3S. The molecule has 0 saturated carbocycles. The van der Waals surface area contributed by atoms with Gasteiger partial charge < -0.3 is 20.7 Å². The number of methoxy groups -OCH3 is 1. The summed E-state index contributed by atoms with van der Waals surface area (Å²) < 4.78 is 5.34. The molecule has 0 atom stereocenters. The first-order chi connectivity index (χ1) is 12.8. The van der Waals surface area contributed by atoms with E-state index >= 15 is 0 Å². The van der Waals surface area contributed by atoms with Gasteiger partial charge in [0.15, 0.2) is 5.11 Å². The highest BCUT2D eigenvalue weighted by Gasteiger charge is 2.14. The van der Waals surface area contributed by atoms with Gasteiger partial charge in [0.2, 0.25) is 5.91 Å². The number of thiocarbonyl (C=S) groups is 1. The number of carbonyl (C=O) groups excluding carboxylic acids is 2. The van der Waals surface area contributed by atoms with Gasteiger partial charge in [-0.3, -0.25) is 9.59 Å². The molecule has 8 heteroatoms. The van der Waals surface area contributed by atoms with Gasteiger partial charge >= 0.3 is 0 Å². The van der Waals surface area contributed by atoms with Crippen molar-refractivity contribution < 1.29 is 14.3 Å². The summed E-state index contributed by atoms with van der Waals surface area (Å²) in [5.41, 5.74) is 1.45. The second-order valence-corrected chi connectivity index (χ2v) is 6.76. The van der Waals surface area contributed by atoms with Crippen molar-refractivity contribution in [1.82, 2.24) is 5.32 Å². The monoisotopic (exact) mass is 405 g/mol. The van der Waals surface area contributed by atoms with Crippen LogP contribution in [0.25, 0.3) is 0 Å². The Bertz CT molecular complexity index is 871. The number of benzene rings is 2. The van der Waals surface area contributed by atoms with Crippen LogP contribution in [0.2, 0.25) is 5.02 Å². The number of halogens is 1. The number of rotatable bonds is 5. The van der Waals surface area contributed by atoms with E-state index < -0.39 is 0 Å². The molecule has 2 rings (SSSR count). The molecular weight excluding hydrogens is 386 g/mol. The third kappa shape index (κ3) is 5.67. The lowest BCUT2D eigenvalue weighted by atomic mass is 10.2. The molecule has 3 N–H and O–H groups in total. The van der Waals surface area contributed by atoms with Crippen LogP contribution in [0.3, 0.4) is 0 Å². The first-order valence-corrected chi connectivity index (χ1v) is 8.96. The molecule has 142 valence electrons. The standard InChI is InChI=1S/C19H20ClN3O3S/c1-11(2)17(24)23-19(27)21-12-8-9-15(16(10-12)26-3)22-18(25)13-6-4-5-7-14(13)20/h4-11H,1-3H3,(H,22,25)(H2,21,23,24,27). The van der Waals surface area contributed by atoms with Crippen LogP contribution in [0.4, 0.5) is 11.4 Å². The number of carbonyl (C=O) groups is 2. The molecule has 27 heavy (non-hydrogen) atoms. The van der Waals surface area contributed by atoms with Crippen LogP contribution < -0.4 is 20.7 Å². The van der Waals surface area contributed by atoms with Crippen molar-refractivity contribution in [3.8, 4) is 5.75 Å². The lowest BCUT2D eigenvalue weighted by molar-refractivity contribution is -0.122. The van der Waals surface area contributed by atoms with Gasteiger partial charge in [-0.1, -0.05) is 37.6 Å². The SMILES string of the molecule is COc1cc(NC(=S)NC(=O)C(C)C)ccc1NC(=O)c1ccccc1Cl. The van der Waals surface area contributed by atoms with Gasteiger partial charge in [-0.15, -0.1) is 0 Å². The number of anilines is 2. The Balaban J connectivity index is 2.12. The van der Waals surface area contributed by atoms with Crippen LogP contribution >= 0.6 is 23.8 Å². The average Bonchev–Trinajstić information content (AvgIpc) is 2.62. The van der Waals surface area contributed by atoms with Crippen molar-refractivity contribution in [3.63, 3.8) is 0 Å². The minimum absolute atomic E-state index is 0.178. The summed E-state index contributed by atoms with van der Waals surface area (Å²) in [6.07, 6.45) is 0. The van der Waals surface area contributed by atoms with Crippen molar-refractivity contribution in [2.45, 2.75) is 13.8 Å². The van der Waals surface area contributed by atoms with E-state index in [1.54, 1.807) is 56.3 Å². The van der Waals surface area contributed by atoms with Crippen molar-refractivity contribution in [1.29, 1.82) is 0 Å². The first kappa shape index (κ1) is 20.7. The number of hydrogen-bond donors (Lipinski definition) is 3. The van der Waals surface area contributed by atoms with E-state index in [4.69, 9.17) is 28.6 Å². The molecule has 0 aromatic heterocycles. The molecule has 0 radical (unpaired) electrons. The fraction of sp³-hybridized carbons (Fsp3) is 0.211. The molecule has 0 aliphatic rings. The fourth-order valence-corrected chi connectivity index (χ4v) is 2.57. The maximum absolute atomic E-state index is 12.4. The zero-order chi connectivity index (χ0) is 20.0. The van der Waals surface area contributed by atoms with Crippen LogP contribution in [0, 0.1) is 5.92 Å². The molecule has 2 amide bonds. The highest BCUT2D eigenvalue weighted by Crippen LogP contribution is 2.29. The van der Waals surface area contributed by atoms with Crippen LogP contribution in [-0.2, 0) is 4.79 Å². The number of ether oxygens (including phenoxy) is 1. The van der Waals surface area contributed by atoms with E-state index in [9.17, 15) is 9.59 Å². The van der Waals surface area contributed by atoms with E-state index in [1.807, 2.05) is 0 Å². The van der Waals surface area contributed by atoms with Gasteiger partial charge in [0.05, 0.1) is 23.4 Å². The fourth-order valence-electron chi connectivity index (χ4n) is 2.13. The molecule has 2 aromatic rings. The van der Waals surface area contributed by atoms with E-state index in [1.165, 1.54) is 7.11 Å². The summed E-state index contributed by atoms with van der Waals surface area (Å²) in [5.74, 6) is -0.275. The summed E-state index contributed by atoms with van der Waals surface area (Å²) in [7, 11) is 1.49. The number of amides is 2. The average molecular weight is 406 g/mol. The van der Waals surface area contributed by atoms with Gasteiger partial charge in [0.1, 0.15) is 5.75 Å². The van der Waals surface area contributed by atoms with Crippen LogP contribution in [0.15, 0.2) is 42.5 Å². The molecule has 6 nitrogen and oxygen atoms in total. The smallest absolute Gasteiger partial charge is 0.257 e. The quantitative estimate of drug-likeness (QED) is 0.653. The normalized spacial score (nSPS) is 10.3. The Morgan fingerprint density at radius 3 is 2.44 bits per heavy atom. The van der Waals surface area contributed by atoms with E-state index in [0.717, 1.165) is 0 Å². The van der Waals surface area contributed by atoms with Gasteiger partial charge in [-0.2, -0.15) is 0 Å². The largest absolute Gasteiger partial charge is 0.494 e. The maximum Gasteiger partial charge on any atom is 0.257 e. The number of hydrogen-bond acceptors (Lipinski definition) is 4. The van der Waals surface area contributed by atoms with Crippen LogP contribution in [0.5, 0.6) is 5.75 Å². The van der Waals surface area contributed by atoms with Crippen molar-refractivity contribution >= 4 is 52.1 Å². The van der Waals surface area contributed by atoms with Gasteiger partial charge in [0, 0.05) is 17.7 Å². The summed E-state index contributed by atoms with van der Waals surface area (Å²) in [5, 5.41) is 8.82. The molecule has 2 aromatic carbocycles. The lowest BCUT2D eigenvalue weighted by Crippen LogP contribution is -2.36. The molecule has 0 bridgehead atoms. The molecule has 0 aliphatic carbocycles. The lowest BCUT2D eigenvalue weighted by Gasteiger charge is -2.15. The third-order valence-corrected chi connectivity index (χ3v) is 4.12. The van der Waals surface area contributed by atoms with Crippen LogP contribution in [0.1, 0.15) is 24.2 Å². The van der Waals surface area contributed by atoms with E-state index in [2.05, 4.69) is 16.0 Å². The zero-order valence-electron chi connectivity index (χ0n) is 15.1.